The number of nitrogens with zero attached hydrogens (tertiary/aromatic N) is 2. The summed E-state index contributed by atoms with van der Waals surface area (Å²) in [4.78, 5) is 4.91. The second-order valence-corrected chi connectivity index (χ2v) is 7.60. The molecule has 0 amide bonds. The van der Waals surface area contributed by atoms with Crippen molar-refractivity contribution in [2.24, 2.45) is 0 Å². The van der Waals surface area contributed by atoms with Crippen LogP contribution in [0, 0.1) is 6.92 Å². The molecule has 4 nitrogen and oxygen atoms in total. The molecule has 2 aromatic rings. The van der Waals surface area contributed by atoms with E-state index in [0.717, 1.165) is 11.1 Å². The summed E-state index contributed by atoms with van der Waals surface area (Å²) >= 11 is 1.42. The highest BCUT2D eigenvalue weighted by Gasteiger charge is 2.48. The maximum absolute atomic E-state index is 12.8. The Kier molecular flexibility index (Phi) is 4.48. The minimum absolute atomic E-state index is 0.00882. The number of aryl methyl sites for hydroxylation is 1. The minimum atomic E-state index is -5.40. The van der Waals surface area contributed by atoms with Gasteiger partial charge in [-0.2, -0.15) is 13.2 Å². The first-order valence-corrected chi connectivity index (χ1v) is 8.52. The molecule has 0 aliphatic carbocycles. The van der Waals surface area contributed by atoms with E-state index < -0.39 is 20.2 Å². The van der Waals surface area contributed by atoms with Crippen molar-refractivity contribution in [3.63, 3.8) is 0 Å². The van der Waals surface area contributed by atoms with E-state index in [1.54, 1.807) is 5.38 Å². The second-order valence-electron chi connectivity index (χ2n) is 4.63. The van der Waals surface area contributed by atoms with E-state index >= 15 is 0 Å². The van der Waals surface area contributed by atoms with Crippen molar-refractivity contribution in [3.05, 3.63) is 40.3 Å². The van der Waals surface area contributed by atoms with Gasteiger partial charge < -0.3 is 4.90 Å². The summed E-state index contributed by atoms with van der Waals surface area (Å²) in [6.45, 7) is 2.03. The molecular formula is C13H13F3N2O2S2. The molecule has 9 heteroatoms. The molecule has 0 unspecified atom stereocenters. The first kappa shape index (κ1) is 16.8. The van der Waals surface area contributed by atoms with Gasteiger partial charge in [0.2, 0.25) is 0 Å². The van der Waals surface area contributed by atoms with Gasteiger partial charge in [-0.1, -0.05) is 12.1 Å². The van der Waals surface area contributed by atoms with E-state index in [0.29, 0.717) is 5.69 Å². The number of sulfone groups is 1. The summed E-state index contributed by atoms with van der Waals surface area (Å²) in [6, 6.07) is 5.06. The zero-order valence-electron chi connectivity index (χ0n) is 11.8. The fourth-order valence-electron chi connectivity index (χ4n) is 1.93. The van der Waals surface area contributed by atoms with Gasteiger partial charge in [-0.3, -0.25) is 0 Å². The highest BCUT2D eigenvalue weighted by Crippen LogP contribution is 2.35. The molecule has 1 aromatic heterocycles. The van der Waals surface area contributed by atoms with E-state index in [4.69, 9.17) is 0 Å². The zero-order valence-corrected chi connectivity index (χ0v) is 13.4. The molecule has 120 valence electrons. The number of alkyl halides is 3. The SMILES string of the molecule is Cc1nc(CN(C)c2ccccc2S(=O)(=O)C(F)(F)F)cs1. The van der Waals surface area contributed by atoms with Gasteiger partial charge in [0.05, 0.1) is 27.8 Å². The smallest absolute Gasteiger partial charge is 0.368 e. The Morgan fingerprint density at radius 3 is 2.45 bits per heavy atom. The first-order valence-electron chi connectivity index (χ1n) is 6.15. The van der Waals surface area contributed by atoms with E-state index in [1.165, 1.54) is 41.5 Å². The Hall–Kier alpha value is -1.61. The van der Waals surface area contributed by atoms with Crippen molar-refractivity contribution in [1.29, 1.82) is 0 Å². The van der Waals surface area contributed by atoms with Crippen molar-refractivity contribution in [2.75, 3.05) is 11.9 Å². The number of anilines is 1. The molecule has 0 bridgehead atoms. The molecule has 1 heterocycles. The van der Waals surface area contributed by atoms with E-state index in [-0.39, 0.29) is 12.2 Å². The highest BCUT2D eigenvalue weighted by molar-refractivity contribution is 7.92. The molecule has 0 aliphatic heterocycles. The molecule has 0 atom stereocenters. The average Bonchev–Trinajstić information content (AvgIpc) is 2.82. The third kappa shape index (κ3) is 3.25. The van der Waals surface area contributed by atoms with Gasteiger partial charge in [0.15, 0.2) is 0 Å². The van der Waals surface area contributed by atoms with Crippen LogP contribution in [0.2, 0.25) is 0 Å². The van der Waals surface area contributed by atoms with Crippen LogP contribution >= 0.6 is 11.3 Å². The predicted octanol–water partition coefficient (Wildman–Crippen LogP) is 3.38. The molecule has 22 heavy (non-hydrogen) atoms. The van der Waals surface area contributed by atoms with Gasteiger partial charge >= 0.3 is 5.51 Å². The number of para-hydroxylation sites is 1. The first-order chi connectivity index (χ1) is 10.1. The lowest BCUT2D eigenvalue weighted by Gasteiger charge is -2.22. The van der Waals surface area contributed by atoms with E-state index in [2.05, 4.69) is 4.98 Å². The molecule has 0 saturated carbocycles. The molecule has 0 radical (unpaired) electrons. The molecule has 0 N–H and O–H groups in total. The van der Waals surface area contributed by atoms with Gasteiger partial charge in [-0.25, -0.2) is 13.4 Å². The van der Waals surface area contributed by atoms with Gasteiger partial charge in [0.1, 0.15) is 0 Å². The summed E-state index contributed by atoms with van der Waals surface area (Å²) in [5.41, 5.74) is -4.67. The number of hydrogen-bond donors (Lipinski definition) is 0. The van der Waals surface area contributed by atoms with Gasteiger partial charge in [-0.15, -0.1) is 11.3 Å². The van der Waals surface area contributed by atoms with Crippen LogP contribution in [0.15, 0.2) is 34.5 Å². The molecule has 0 fully saturated rings. The van der Waals surface area contributed by atoms with Crippen LogP contribution in [-0.2, 0) is 16.4 Å². The zero-order chi connectivity index (χ0) is 16.5. The van der Waals surface area contributed by atoms with Crippen molar-refractivity contribution in [2.45, 2.75) is 23.9 Å². The molecule has 0 spiro atoms. The normalized spacial score (nSPS) is 12.4. The lowest BCUT2D eigenvalue weighted by molar-refractivity contribution is -0.0435. The number of rotatable bonds is 4. The molecule has 2 rings (SSSR count). The summed E-state index contributed by atoms with van der Waals surface area (Å²) in [5, 5.41) is 2.62. The summed E-state index contributed by atoms with van der Waals surface area (Å²) in [7, 11) is -3.87. The summed E-state index contributed by atoms with van der Waals surface area (Å²) in [6.07, 6.45) is 0. The summed E-state index contributed by atoms with van der Waals surface area (Å²) < 4.78 is 61.7. The largest absolute Gasteiger partial charge is 0.501 e. The molecule has 0 aliphatic rings. The van der Waals surface area contributed by atoms with Crippen molar-refractivity contribution in [3.8, 4) is 0 Å². The monoisotopic (exact) mass is 350 g/mol. The van der Waals surface area contributed by atoms with E-state index in [9.17, 15) is 21.6 Å². The molecular weight excluding hydrogens is 337 g/mol. The number of thiazole rings is 1. The minimum Gasteiger partial charge on any atom is -0.368 e. The average molecular weight is 350 g/mol. The Morgan fingerprint density at radius 2 is 1.91 bits per heavy atom. The van der Waals surface area contributed by atoms with Gasteiger partial charge in [0.25, 0.3) is 9.84 Å². The Labute approximate surface area is 130 Å². The maximum Gasteiger partial charge on any atom is 0.501 e. The summed E-state index contributed by atoms with van der Waals surface area (Å²) in [5.74, 6) is 0. The lowest BCUT2D eigenvalue weighted by Crippen LogP contribution is -2.26. The lowest BCUT2D eigenvalue weighted by atomic mass is 10.3. The van der Waals surface area contributed by atoms with Crippen molar-refractivity contribution >= 4 is 26.9 Å². The predicted molar refractivity (Wildman–Crippen MR) is 78.6 cm³/mol. The fourth-order valence-corrected chi connectivity index (χ4v) is 3.54. The number of halogens is 3. The van der Waals surface area contributed by atoms with Crippen LogP contribution < -0.4 is 4.90 Å². The van der Waals surface area contributed by atoms with Crippen LogP contribution in [0.25, 0.3) is 0 Å². The molecule has 1 aromatic carbocycles. The van der Waals surface area contributed by atoms with Crippen molar-refractivity contribution in [1.82, 2.24) is 4.98 Å². The van der Waals surface area contributed by atoms with Crippen LogP contribution in [0.3, 0.4) is 0 Å². The van der Waals surface area contributed by atoms with Crippen LogP contribution in [0.5, 0.6) is 0 Å². The standard InChI is InChI=1S/C13H13F3N2O2S2/c1-9-17-10(8-21-9)7-18(2)11-5-3-4-6-12(11)22(19,20)13(14,15)16/h3-6,8H,7H2,1-2H3. The third-order valence-corrected chi connectivity index (χ3v) is 5.29. The number of hydrogen-bond acceptors (Lipinski definition) is 5. The fraction of sp³-hybridized carbons (Fsp3) is 0.308. The Morgan fingerprint density at radius 1 is 1.27 bits per heavy atom. The van der Waals surface area contributed by atoms with Gasteiger partial charge in [-0.05, 0) is 19.1 Å². The number of aromatic nitrogens is 1. The quantitative estimate of drug-likeness (QED) is 0.848. The third-order valence-electron chi connectivity index (χ3n) is 2.94. The molecule has 0 saturated heterocycles. The second kappa shape index (κ2) is 5.88. The van der Waals surface area contributed by atoms with Crippen LogP contribution in [0.1, 0.15) is 10.7 Å². The van der Waals surface area contributed by atoms with Crippen molar-refractivity contribution < 1.29 is 21.6 Å². The van der Waals surface area contributed by atoms with Gasteiger partial charge in [0, 0.05) is 12.4 Å². The Balaban J connectivity index is 2.40. The van der Waals surface area contributed by atoms with Crippen LogP contribution in [-0.4, -0.2) is 26.0 Å². The van der Waals surface area contributed by atoms with Crippen LogP contribution in [0.4, 0.5) is 18.9 Å². The maximum atomic E-state index is 12.8. The topological polar surface area (TPSA) is 50.3 Å². The number of benzene rings is 1. The Bertz CT molecular complexity index is 770. The van der Waals surface area contributed by atoms with E-state index in [1.807, 2.05) is 6.92 Å². The highest BCUT2D eigenvalue weighted by atomic mass is 32.2.